The van der Waals surface area contributed by atoms with Gasteiger partial charge in [-0.1, -0.05) is 29.3 Å². The van der Waals surface area contributed by atoms with E-state index in [9.17, 15) is 4.79 Å². The first-order valence-electron chi connectivity index (χ1n) is 11.5. The molecule has 11 heteroatoms. The van der Waals surface area contributed by atoms with E-state index in [1.807, 2.05) is 18.2 Å². The summed E-state index contributed by atoms with van der Waals surface area (Å²) in [5.41, 5.74) is 2.69. The summed E-state index contributed by atoms with van der Waals surface area (Å²) in [6.45, 7) is 6.67. The van der Waals surface area contributed by atoms with Gasteiger partial charge in [-0.15, -0.1) is 0 Å². The second-order valence-corrected chi connectivity index (χ2v) is 9.46. The number of para-hydroxylation sites is 1. The van der Waals surface area contributed by atoms with Crippen LogP contribution in [0.5, 0.6) is 5.75 Å². The minimum atomic E-state index is -0.409. The van der Waals surface area contributed by atoms with Gasteiger partial charge in [0.05, 0.1) is 33.9 Å². The van der Waals surface area contributed by atoms with Gasteiger partial charge in [-0.2, -0.15) is 9.78 Å². The molecule has 1 fully saturated rings. The molecule has 36 heavy (non-hydrogen) atoms. The summed E-state index contributed by atoms with van der Waals surface area (Å²) in [6.07, 6.45) is 1.48. The highest BCUT2D eigenvalue weighted by atomic mass is 35.5. The zero-order valence-electron chi connectivity index (χ0n) is 20.0. The average Bonchev–Trinajstić information content (AvgIpc) is 2.86. The van der Waals surface area contributed by atoms with Crippen molar-refractivity contribution in [1.82, 2.24) is 25.1 Å². The molecule has 1 atom stereocenters. The van der Waals surface area contributed by atoms with Crippen LogP contribution < -0.4 is 25.8 Å². The Balaban J connectivity index is 1.47. The van der Waals surface area contributed by atoms with Crippen LogP contribution in [0.3, 0.4) is 0 Å². The van der Waals surface area contributed by atoms with Gasteiger partial charge >= 0.3 is 0 Å². The van der Waals surface area contributed by atoms with Crippen LogP contribution in [0.1, 0.15) is 12.6 Å². The maximum Gasteiger partial charge on any atom is 0.282 e. The summed E-state index contributed by atoms with van der Waals surface area (Å²) in [5, 5.41) is 12.0. The van der Waals surface area contributed by atoms with Crippen LogP contribution in [0.25, 0.3) is 16.6 Å². The molecule has 186 valence electrons. The van der Waals surface area contributed by atoms with Crippen LogP contribution in [0, 0.1) is 6.92 Å². The largest absolute Gasteiger partial charge is 0.495 e. The van der Waals surface area contributed by atoms with Crippen molar-refractivity contribution in [1.29, 1.82) is 0 Å². The quantitative estimate of drug-likeness (QED) is 0.397. The van der Waals surface area contributed by atoms with E-state index in [2.05, 4.69) is 37.5 Å². The number of halogens is 2. The Morgan fingerprint density at radius 2 is 1.97 bits per heavy atom. The third-order valence-electron chi connectivity index (χ3n) is 6.10. The van der Waals surface area contributed by atoms with Gasteiger partial charge in [0.15, 0.2) is 0 Å². The van der Waals surface area contributed by atoms with E-state index in [1.165, 1.54) is 10.9 Å². The molecule has 0 saturated carbocycles. The second-order valence-electron chi connectivity index (χ2n) is 8.64. The Bertz CT molecular complexity index is 1490. The van der Waals surface area contributed by atoms with Crippen molar-refractivity contribution in [3.05, 3.63) is 68.7 Å². The lowest BCUT2D eigenvalue weighted by Gasteiger charge is -2.34. The molecule has 3 heterocycles. The predicted molar refractivity (Wildman–Crippen MR) is 144 cm³/mol. The molecule has 0 amide bonds. The van der Waals surface area contributed by atoms with Gasteiger partial charge in [0.2, 0.25) is 5.95 Å². The molecule has 1 saturated heterocycles. The van der Waals surface area contributed by atoms with E-state index >= 15 is 0 Å². The molecule has 0 aliphatic carbocycles. The van der Waals surface area contributed by atoms with Crippen LogP contribution >= 0.6 is 23.2 Å². The van der Waals surface area contributed by atoms with Crippen molar-refractivity contribution in [3.8, 4) is 11.4 Å². The Morgan fingerprint density at radius 3 is 2.69 bits per heavy atom. The minimum Gasteiger partial charge on any atom is -0.495 e. The number of fused-ring (bicyclic) bond motifs is 1. The number of benzene rings is 2. The first-order valence-corrected chi connectivity index (χ1v) is 12.3. The Kier molecular flexibility index (Phi) is 6.70. The zero-order valence-corrected chi connectivity index (χ0v) is 21.6. The Hall–Kier alpha value is -3.40. The zero-order chi connectivity index (χ0) is 25.4. The lowest BCUT2D eigenvalue weighted by atomic mass is 10.2. The van der Waals surface area contributed by atoms with Crippen molar-refractivity contribution in [2.24, 2.45) is 0 Å². The number of aryl methyl sites for hydroxylation is 1. The first kappa shape index (κ1) is 24.3. The van der Waals surface area contributed by atoms with Crippen molar-refractivity contribution in [3.63, 3.8) is 0 Å². The van der Waals surface area contributed by atoms with Gasteiger partial charge in [0.1, 0.15) is 17.0 Å². The summed E-state index contributed by atoms with van der Waals surface area (Å²) in [4.78, 5) is 24.5. The van der Waals surface area contributed by atoms with Gasteiger partial charge in [0, 0.05) is 43.6 Å². The van der Waals surface area contributed by atoms with Crippen molar-refractivity contribution >= 4 is 51.4 Å². The van der Waals surface area contributed by atoms with E-state index in [-0.39, 0.29) is 0 Å². The fourth-order valence-corrected chi connectivity index (χ4v) is 4.93. The molecule has 2 aromatic heterocycles. The summed E-state index contributed by atoms with van der Waals surface area (Å²) >= 11 is 12.6. The van der Waals surface area contributed by atoms with Gasteiger partial charge in [-0.05, 0) is 38.1 Å². The maximum atomic E-state index is 13.2. The standard InChI is InChI=1S/C25H25Cl2N7O2/c1-14-13-33(10-9-28-14)20-8-7-16(11-21(20)36-3)30-25-29-12-17-22(31-25)15(2)32-34(24(17)35)23-18(26)5-4-6-19(23)27/h4-8,11-12,14,28H,9-10,13H2,1-3H3,(H,29,30,31)/t14-/m1/s1. The first-order chi connectivity index (χ1) is 17.4. The third kappa shape index (κ3) is 4.57. The van der Waals surface area contributed by atoms with Crippen LogP contribution in [0.2, 0.25) is 10.0 Å². The maximum absolute atomic E-state index is 13.2. The summed E-state index contributed by atoms with van der Waals surface area (Å²) in [6, 6.07) is 11.3. The molecule has 1 aliphatic heterocycles. The van der Waals surface area contributed by atoms with Crippen LogP contribution in [0.15, 0.2) is 47.4 Å². The summed E-state index contributed by atoms with van der Waals surface area (Å²) in [5.74, 6) is 1.10. The number of hydrogen-bond acceptors (Lipinski definition) is 8. The SMILES string of the molecule is COc1cc(Nc2ncc3c(=O)n(-c4c(Cl)cccc4Cl)nc(C)c3n2)ccc1N1CCN[C@H](C)C1. The number of methoxy groups -OCH3 is 1. The summed E-state index contributed by atoms with van der Waals surface area (Å²) < 4.78 is 6.87. The number of rotatable bonds is 5. The second kappa shape index (κ2) is 9.93. The molecule has 0 radical (unpaired) electrons. The number of nitrogens with one attached hydrogen (secondary N) is 2. The van der Waals surface area contributed by atoms with E-state index in [4.69, 9.17) is 27.9 Å². The van der Waals surface area contributed by atoms with Gasteiger partial charge < -0.3 is 20.3 Å². The van der Waals surface area contributed by atoms with Crippen molar-refractivity contribution in [2.75, 3.05) is 37.0 Å². The highest BCUT2D eigenvalue weighted by molar-refractivity contribution is 6.37. The van der Waals surface area contributed by atoms with Gasteiger partial charge in [0.25, 0.3) is 5.56 Å². The van der Waals surface area contributed by atoms with Crippen LogP contribution in [-0.4, -0.2) is 52.5 Å². The minimum absolute atomic E-state index is 0.310. The van der Waals surface area contributed by atoms with E-state index in [1.54, 1.807) is 32.2 Å². The monoisotopic (exact) mass is 525 g/mol. The number of aromatic nitrogens is 4. The molecule has 0 spiro atoms. The van der Waals surface area contributed by atoms with E-state index < -0.39 is 5.56 Å². The highest BCUT2D eigenvalue weighted by Crippen LogP contribution is 2.33. The number of ether oxygens (including phenoxy) is 1. The molecule has 2 N–H and O–H groups in total. The highest BCUT2D eigenvalue weighted by Gasteiger charge is 2.20. The molecular weight excluding hydrogens is 501 g/mol. The molecule has 5 rings (SSSR count). The average molecular weight is 526 g/mol. The molecule has 0 bridgehead atoms. The molecular formula is C25H25Cl2N7O2. The van der Waals surface area contributed by atoms with Gasteiger partial charge in [-0.3, -0.25) is 4.79 Å². The van der Waals surface area contributed by atoms with Crippen molar-refractivity contribution in [2.45, 2.75) is 19.9 Å². The molecule has 4 aromatic rings. The van der Waals surface area contributed by atoms with Crippen molar-refractivity contribution < 1.29 is 4.74 Å². The Labute approximate surface area is 218 Å². The molecule has 9 nitrogen and oxygen atoms in total. The van der Waals surface area contributed by atoms with Gasteiger partial charge in [-0.25, -0.2) is 9.97 Å². The number of anilines is 3. The molecule has 1 aliphatic rings. The Morgan fingerprint density at radius 1 is 1.19 bits per heavy atom. The normalized spacial score (nSPS) is 15.8. The fourth-order valence-electron chi connectivity index (χ4n) is 4.37. The van der Waals surface area contributed by atoms with E-state index in [0.29, 0.717) is 44.3 Å². The lowest BCUT2D eigenvalue weighted by Crippen LogP contribution is -2.49. The lowest BCUT2D eigenvalue weighted by molar-refractivity contribution is 0.410. The van der Waals surface area contributed by atoms with Crippen LogP contribution in [-0.2, 0) is 0 Å². The predicted octanol–water partition coefficient (Wildman–Crippen LogP) is 4.34. The smallest absolute Gasteiger partial charge is 0.282 e. The van der Waals surface area contributed by atoms with Crippen LogP contribution in [0.4, 0.5) is 17.3 Å². The number of piperazine rings is 1. The van der Waals surface area contributed by atoms with E-state index in [0.717, 1.165) is 36.8 Å². The summed E-state index contributed by atoms with van der Waals surface area (Å²) in [7, 11) is 1.66. The fraction of sp³-hybridized carbons (Fsp3) is 0.280. The molecule has 2 aromatic carbocycles. The number of nitrogens with zero attached hydrogens (tertiary/aromatic N) is 5. The topological polar surface area (TPSA) is 97.2 Å². The third-order valence-corrected chi connectivity index (χ3v) is 6.71. The molecule has 0 unspecified atom stereocenters. The number of hydrogen-bond donors (Lipinski definition) is 2.